The molecule has 2 fully saturated rings. The molecule has 6 nitrogen and oxygen atoms in total. The number of piperidine rings is 1. The first-order valence-electron chi connectivity index (χ1n) is 9.50. The molecule has 4 rings (SSSR count). The summed E-state index contributed by atoms with van der Waals surface area (Å²) in [7, 11) is 0. The van der Waals surface area contributed by atoms with Crippen LogP contribution in [0.25, 0.3) is 10.8 Å². The average molecular weight is 365 g/mol. The average Bonchev–Trinajstić information content (AvgIpc) is 3.56. The van der Waals surface area contributed by atoms with Gasteiger partial charge in [-0.2, -0.15) is 0 Å². The first-order chi connectivity index (χ1) is 13.1. The zero-order valence-electron chi connectivity index (χ0n) is 15.1. The predicted molar refractivity (Wildman–Crippen MR) is 102 cm³/mol. The van der Waals surface area contributed by atoms with Crippen LogP contribution < -0.4 is 10.9 Å². The van der Waals surface area contributed by atoms with Crippen LogP contribution in [0.1, 0.15) is 36.0 Å². The van der Waals surface area contributed by atoms with Gasteiger partial charge in [-0.3, -0.25) is 25.2 Å². The third-order valence-electron chi connectivity index (χ3n) is 5.36. The van der Waals surface area contributed by atoms with Crippen molar-refractivity contribution in [3.05, 3.63) is 48.0 Å². The lowest BCUT2D eigenvalue weighted by Gasteiger charge is -2.32. The highest BCUT2D eigenvalue weighted by molar-refractivity contribution is 6.07. The van der Waals surface area contributed by atoms with Crippen LogP contribution in [-0.2, 0) is 9.59 Å². The molecule has 1 saturated heterocycles. The van der Waals surface area contributed by atoms with E-state index in [1.54, 1.807) is 4.90 Å². The van der Waals surface area contributed by atoms with Crippen molar-refractivity contribution in [2.24, 2.45) is 11.8 Å². The zero-order chi connectivity index (χ0) is 18.8. The van der Waals surface area contributed by atoms with Crippen molar-refractivity contribution in [3.8, 4) is 0 Å². The van der Waals surface area contributed by atoms with Crippen molar-refractivity contribution in [2.45, 2.75) is 25.7 Å². The summed E-state index contributed by atoms with van der Waals surface area (Å²) in [6.07, 6.45) is 3.26. The molecule has 2 N–H and O–H groups in total. The fourth-order valence-corrected chi connectivity index (χ4v) is 3.63. The first kappa shape index (κ1) is 17.5. The Bertz CT molecular complexity index is 886. The van der Waals surface area contributed by atoms with E-state index >= 15 is 0 Å². The quantitative estimate of drug-likeness (QED) is 0.819. The molecule has 2 aromatic carbocycles. The Morgan fingerprint density at radius 3 is 2.33 bits per heavy atom. The van der Waals surface area contributed by atoms with Crippen molar-refractivity contribution < 1.29 is 14.4 Å². The molecule has 2 aliphatic rings. The summed E-state index contributed by atoms with van der Waals surface area (Å²) in [6.45, 7) is 1.01. The van der Waals surface area contributed by atoms with Gasteiger partial charge in [-0.05, 0) is 42.5 Å². The van der Waals surface area contributed by atoms with E-state index in [1.807, 2.05) is 42.5 Å². The number of carbonyl (C=O) groups excluding carboxylic acids is 3. The van der Waals surface area contributed by atoms with Gasteiger partial charge in [0.2, 0.25) is 11.8 Å². The van der Waals surface area contributed by atoms with E-state index in [4.69, 9.17) is 0 Å². The molecule has 1 aliphatic heterocycles. The zero-order valence-corrected chi connectivity index (χ0v) is 15.1. The molecule has 1 aliphatic carbocycles. The van der Waals surface area contributed by atoms with Crippen molar-refractivity contribution >= 4 is 28.5 Å². The molecule has 0 bridgehead atoms. The van der Waals surface area contributed by atoms with Gasteiger partial charge >= 0.3 is 0 Å². The Morgan fingerprint density at radius 1 is 0.852 bits per heavy atom. The summed E-state index contributed by atoms with van der Waals surface area (Å²) in [6, 6.07) is 13.5. The second-order valence-corrected chi connectivity index (χ2v) is 7.37. The summed E-state index contributed by atoms with van der Waals surface area (Å²) >= 11 is 0. The van der Waals surface area contributed by atoms with Gasteiger partial charge in [0, 0.05) is 24.6 Å². The van der Waals surface area contributed by atoms with Crippen molar-refractivity contribution in [3.63, 3.8) is 0 Å². The van der Waals surface area contributed by atoms with Crippen LogP contribution in [-0.4, -0.2) is 35.7 Å². The molecule has 1 saturated carbocycles. The van der Waals surface area contributed by atoms with E-state index in [0.29, 0.717) is 25.1 Å². The fraction of sp³-hybridized carbons (Fsp3) is 0.381. The second-order valence-electron chi connectivity index (χ2n) is 7.37. The second kappa shape index (κ2) is 7.39. The lowest BCUT2D eigenvalue weighted by molar-refractivity contribution is -0.132. The van der Waals surface area contributed by atoms with Gasteiger partial charge in [-0.25, -0.2) is 0 Å². The molecule has 1 unspecified atom stereocenters. The van der Waals surface area contributed by atoms with Crippen molar-refractivity contribution in [2.75, 3.05) is 13.1 Å². The molecule has 0 radical (unpaired) electrons. The van der Waals surface area contributed by atoms with Crippen LogP contribution in [0.15, 0.2) is 42.5 Å². The highest BCUT2D eigenvalue weighted by Gasteiger charge is 2.32. The van der Waals surface area contributed by atoms with Crippen molar-refractivity contribution in [1.29, 1.82) is 0 Å². The summed E-state index contributed by atoms with van der Waals surface area (Å²) in [5.74, 6) is -0.660. The Labute approximate surface area is 157 Å². The van der Waals surface area contributed by atoms with Crippen molar-refractivity contribution in [1.82, 2.24) is 15.8 Å². The van der Waals surface area contributed by atoms with Gasteiger partial charge in [-0.15, -0.1) is 0 Å². The molecule has 1 heterocycles. The van der Waals surface area contributed by atoms with Gasteiger partial charge in [0.05, 0.1) is 5.92 Å². The van der Waals surface area contributed by atoms with Gasteiger partial charge < -0.3 is 4.90 Å². The molecular formula is C21H23N3O3. The minimum Gasteiger partial charge on any atom is -0.338 e. The molecule has 2 aromatic rings. The monoisotopic (exact) mass is 365 g/mol. The van der Waals surface area contributed by atoms with Crippen LogP contribution in [0.3, 0.4) is 0 Å². The number of hydrazine groups is 1. The standard InChI is InChI=1S/C21H23N3O3/c25-19(15-10-11-15)22-23-20(26)16-7-4-12-24(13-16)21(27)18-9-3-6-14-5-1-2-8-17(14)18/h1-3,5-6,8-9,15-16H,4,7,10-13H2,(H,22,25)(H,23,26). The minimum absolute atomic E-state index is 0.0427. The van der Waals surface area contributed by atoms with Crippen LogP contribution in [0.2, 0.25) is 0 Å². The number of rotatable bonds is 3. The van der Waals surface area contributed by atoms with Gasteiger partial charge in [-0.1, -0.05) is 36.4 Å². The fourth-order valence-electron chi connectivity index (χ4n) is 3.63. The number of nitrogens with zero attached hydrogens (tertiary/aromatic N) is 1. The van der Waals surface area contributed by atoms with Gasteiger partial charge in [0.15, 0.2) is 0 Å². The minimum atomic E-state index is -0.308. The number of nitrogens with one attached hydrogen (secondary N) is 2. The topological polar surface area (TPSA) is 78.5 Å². The molecule has 3 amide bonds. The maximum absolute atomic E-state index is 13.1. The largest absolute Gasteiger partial charge is 0.338 e. The Kier molecular flexibility index (Phi) is 4.79. The molecule has 0 spiro atoms. The van der Waals surface area contributed by atoms with E-state index in [0.717, 1.165) is 30.0 Å². The van der Waals surface area contributed by atoms with Crippen LogP contribution >= 0.6 is 0 Å². The number of amides is 3. The summed E-state index contributed by atoms with van der Waals surface area (Å²) < 4.78 is 0. The smallest absolute Gasteiger partial charge is 0.254 e. The summed E-state index contributed by atoms with van der Waals surface area (Å²) in [4.78, 5) is 38.9. The van der Waals surface area contributed by atoms with E-state index in [-0.39, 0.29) is 29.6 Å². The van der Waals surface area contributed by atoms with Gasteiger partial charge in [0.1, 0.15) is 0 Å². The normalized spacial score (nSPS) is 19.6. The van der Waals surface area contributed by atoms with E-state index < -0.39 is 0 Å². The highest BCUT2D eigenvalue weighted by Crippen LogP contribution is 2.28. The number of hydrogen-bond acceptors (Lipinski definition) is 3. The molecular weight excluding hydrogens is 342 g/mol. The SMILES string of the molecule is O=C(NNC(=O)C1CCCN(C(=O)c2cccc3ccccc23)C1)C1CC1. The predicted octanol–water partition coefficient (Wildman–Crippen LogP) is 2.25. The molecule has 140 valence electrons. The number of hydrogen-bond donors (Lipinski definition) is 2. The van der Waals surface area contributed by atoms with Crippen LogP contribution in [0.5, 0.6) is 0 Å². The maximum atomic E-state index is 13.1. The number of fused-ring (bicyclic) bond motifs is 1. The maximum Gasteiger partial charge on any atom is 0.254 e. The first-order valence-corrected chi connectivity index (χ1v) is 9.50. The molecule has 6 heteroatoms. The number of carbonyl (C=O) groups is 3. The third kappa shape index (κ3) is 3.79. The molecule has 0 aromatic heterocycles. The molecule has 27 heavy (non-hydrogen) atoms. The molecule has 1 atom stereocenters. The Morgan fingerprint density at radius 2 is 1.56 bits per heavy atom. The number of benzene rings is 2. The summed E-state index contributed by atoms with van der Waals surface area (Å²) in [5, 5.41) is 1.95. The van der Waals surface area contributed by atoms with Crippen LogP contribution in [0.4, 0.5) is 0 Å². The lowest BCUT2D eigenvalue weighted by Crippen LogP contribution is -2.50. The third-order valence-corrected chi connectivity index (χ3v) is 5.36. The highest BCUT2D eigenvalue weighted by atomic mass is 16.2. The van der Waals surface area contributed by atoms with E-state index in [2.05, 4.69) is 10.9 Å². The van der Waals surface area contributed by atoms with E-state index in [1.165, 1.54) is 0 Å². The lowest BCUT2D eigenvalue weighted by atomic mass is 9.96. The van der Waals surface area contributed by atoms with Crippen LogP contribution in [0, 0.1) is 11.8 Å². The summed E-state index contributed by atoms with van der Waals surface area (Å²) in [5.41, 5.74) is 5.69. The van der Waals surface area contributed by atoms with E-state index in [9.17, 15) is 14.4 Å². The Balaban J connectivity index is 1.43. The Hall–Kier alpha value is -2.89. The number of likely N-dealkylation sites (tertiary alicyclic amines) is 1. The van der Waals surface area contributed by atoms with Gasteiger partial charge in [0.25, 0.3) is 5.91 Å².